The van der Waals surface area contributed by atoms with Gasteiger partial charge in [-0.15, -0.1) is 13.2 Å². The van der Waals surface area contributed by atoms with Crippen LogP contribution in [0, 0.1) is 0 Å². The summed E-state index contributed by atoms with van der Waals surface area (Å²) in [6.07, 6.45) is -3.49. The molecular formula is C13H15F3O3. The maximum absolute atomic E-state index is 12.1. The van der Waals surface area contributed by atoms with Crippen molar-refractivity contribution in [1.29, 1.82) is 0 Å². The molecule has 3 nitrogen and oxygen atoms in total. The van der Waals surface area contributed by atoms with Crippen LogP contribution in [-0.4, -0.2) is 22.2 Å². The van der Waals surface area contributed by atoms with Crippen molar-refractivity contribution in [3.05, 3.63) is 29.8 Å². The Morgan fingerprint density at radius 2 is 1.84 bits per heavy atom. The van der Waals surface area contributed by atoms with Crippen molar-refractivity contribution in [3.8, 4) is 5.75 Å². The lowest BCUT2D eigenvalue weighted by Crippen LogP contribution is -2.32. The molecular weight excluding hydrogens is 261 g/mol. The van der Waals surface area contributed by atoms with Crippen molar-refractivity contribution in [2.75, 3.05) is 0 Å². The number of aliphatic hydroxyl groups is 2. The second-order valence-corrected chi connectivity index (χ2v) is 4.83. The van der Waals surface area contributed by atoms with Crippen LogP contribution in [-0.2, 0) is 0 Å². The van der Waals surface area contributed by atoms with Gasteiger partial charge >= 0.3 is 6.36 Å². The second kappa shape index (κ2) is 5.02. The monoisotopic (exact) mass is 276 g/mol. The van der Waals surface area contributed by atoms with Gasteiger partial charge in [-0.3, -0.25) is 0 Å². The number of rotatable bonds is 3. The first-order valence-corrected chi connectivity index (χ1v) is 6.06. The molecule has 19 heavy (non-hydrogen) atoms. The highest BCUT2D eigenvalue weighted by molar-refractivity contribution is 5.31. The largest absolute Gasteiger partial charge is 0.573 e. The Kier molecular flexibility index (Phi) is 3.73. The minimum Gasteiger partial charge on any atom is -0.406 e. The quantitative estimate of drug-likeness (QED) is 0.892. The molecule has 1 aromatic rings. The Balaban J connectivity index is 2.18. The van der Waals surface area contributed by atoms with Crippen LogP contribution in [0.2, 0.25) is 0 Å². The normalized spacial score (nSPS) is 20.3. The average molecular weight is 276 g/mol. The summed E-state index contributed by atoms with van der Waals surface area (Å²) in [6, 6.07) is 5.10. The number of aliphatic hydroxyl groups excluding tert-OH is 1. The summed E-state index contributed by atoms with van der Waals surface area (Å²) in [6.45, 7) is 0. The van der Waals surface area contributed by atoms with Crippen LogP contribution < -0.4 is 4.74 Å². The Morgan fingerprint density at radius 3 is 2.42 bits per heavy atom. The summed E-state index contributed by atoms with van der Waals surface area (Å²) in [4.78, 5) is 0. The van der Waals surface area contributed by atoms with Crippen LogP contribution in [0.3, 0.4) is 0 Å². The van der Waals surface area contributed by atoms with E-state index < -0.39 is 23.8 Å². The van der Waals surface area contributed by atoms with E-state index in [9.17, 15) is 23.4 Å². The van der Waals surface area contributed by atoms with Gasteiger partial charge in [0.2, 0.25) is 0 Å². The summed E-state index contributed by atoms with van der Waals surface area (Å²) < 4.78 is 40.1. The lowest BCUT2D eigenvalue weighted by Gasteiger charge is -2.29. The van der Waals surface area contributed by atoms with Gasteiger partial charge in [-0.2, -0.15) is 0 Å². The summed E-state index contributed by atoms with van der Waals surface area (Å²) in [5.41, 5.74) is -1.03. The van der Waals surface area contributed by atoms with Crippen LogP contribution in [0.4, 0.5) is 13.2 Å². The van der Waals surface area contributed by atoms with E-state index in [1.165, 1.54) is 12.1 Å². The third kappa shape index (κ3) is 3.39. The molecule has 0 aromatic heterocycles. The van der Waals surface area contributed by atoms with Gasteiger partial charge < -0.3 is 14.9 Å². The maximum Gasteiger partial charge on any atom is 0.573 e. The van der Waals surface area contributed by atoms with Crippen molar-refractivity contribution in [1.82, 2.24) is 0 Å². The Bertz CT molecular complexity index is 439. The van der Waals surface area contributed by atoms with Gasteiger partial charge in [-0.25, -0.2) is 0 Å². The molecule has 0 aliphatic heterocycles. The highest BCUT2D eigenvalue weighted by atomic mass is 19.4. The van der Waals surface area contributed by atoms with Gasteiger partial charge in [0.05, 0.1) is 5.60 Å². The molecule has 1 aromatic carbocycles. The zero-order valence-corrected chi connectivity index (χ0v) is 10.2. The third-order valence-corrected chi connectivity index (χ3v) is 3.39. The van der Waals surface area contributed by atoms with Crippen molar-refractivity contribution in [2.24, 2.45) is 0 Å². The topological polar surface area (TPSA) is 49.7 Å². The van der Waals surface area contributed by atoms with E-state index in [1.54, 1.807) is 0 Å². The zero-order chi connectivity index (χ0) is 14.1. The third-order valence-electron chi connectivity index (χ3n) is 3.39. The molecule has 106 valence electrons. The number of halogens is 3. The predicted molar refractivity (Wildman–Crippen MR) is 61.5 cm³/mol. The summed E-state index contributed by atoms with van der Waals surface area (Å²) in [7, 11) is 0. The fourth-order valence-electron chi connectivity index (χ4n) is 2.45. The van der Waals surface area contributed by atoms with Gasteiger partial charge in [-0.1, -0.05) is 25.0 Å². The maximum atomic E-state index is 12.1. The second-order valence-electron chi connectivity index (χ2n) is 4.83. The van der Waals surface area contributed by atoms with Crippen LogP contribution >= 0.6 is 0 Å². The first-order chi connectivity index (χ1) is 8.80. The summed E-state index contributed by atoms with van der Waals surface area (Å²) in [5.74, 6) is -0.398. The van der Waals surface area contributed by atoms with E-state index >= 15 is 0 Å². The highest BCUT2D eigenvalue weighted by Crippen LogP contribution is 2.40. The van der Waals surface area contributed by atoms with Crippen molar-refractivity contribution >= 4 is 0 Å². The standard InChI is InChI=1S/C13H15F3O3/c14-13(15,16)19-10-5-3-4-9(8-10)11(17)12(18)6-1-2-7-12/h3-5,8,11,17-18H,1-2,6-7H2. The highest BCUT2D eigenvalue weighted by Gasteiger charge is 2.39. The molecule has 0 amide bonds. The van der Waals surface area contributed by atoms with Crippen molar-refractivity contribution < 1.29 is 28.1 Å². The molecule has 6 heteroatoms. The van der Waals surface area contributed by atoms with Gasteiger partial charge in [0.25, 0.3) is 0 Å². The van der Waals surface area contributed by atoms with E-state index in [-0.39, 0.29) is 5.56 Å². The minimum atomic E-state index is -4.77. The lowest BCUT2D eigenvalue weighted by atomic mass is 9.89. The van der Waals surface area contributed by atoms with Gasteiger partial charge in [0.15, 0.2) is 0 Å². The number of hydrogen-bond acceptors (Lipinski definition) is 3. The van der Waals surface area contributed by atoms with E-state index in [2.05, 4.69) is 4.74 Å². The van der Waals surface area contributed by atoms with Gasteiger partial charge in [0, 0.05) is 0 Å². The number of hydrogen-bond donors (Lipinski definition) is 2. The summed E-state index contributed by atoms with van der Waals surface area (Å²) >= 11 is 0. The molecule has 0 radical (unpaired) electrons. The van der Waals surface area contributed by atoms with Crippen molar-refractivity contribution in [3.63, 3.8) is 0 Å². The molecule has 0 saturated heterocycles. The van der Waals surface area contributed by atoms with E-state index in [4.69, 9.17) is 0 Å². The Labute approximate surface area is 108 Å². The van der Waals surface area contributed by atoms with Crippen LogP contribution in [0.5, 0.6) is 5.75 Å². The molecule has 1 fully saturated rings. The first-order valence-electron chi connectivity index (χ1n) is 6.06. The van der Waals surface area contributed by atoms with Gasteiger partial charge in [-0.05, 0) is 30.5 Å². The van der Waals surface area contributed by atoms with Gasteiger partial charge in [0.1, 0.15) is 11.9 Å². The molecule has 2 rings (SSSR count). The summed E-state index contributed by atoms with van der Waals surface area (Å²) in [5, 5.41) is 20.3. The lowest BCUT2D eigenvalue weighted by molar-refractivity contribution is -0.274. The smallest absolute Gasteiger partial charge is 0.406 e. The van der Waals surface area contributed by atoms with Crippen LogP contribution in [0.15, 0.2) is 24.3 Å². The van der Waals surface area contributed by atoms with E-state index in [0.29, 0.717) is 12.8 Å². The van der Waals surface area contributed by atoms with Crippen LogP contribution in [0.1, 0.15) is 37.4 Å². The first kappa shape index (κ1) is 14.1. The predicted octanol–water partition coefficient (Wildman–Crippen LogP) is 2.92. The molecule has 0 bridgehead atoms. The average Bonchev–Trinajstić information content (AvgIpc) is 2.74. The number of alkyl halides is 3. The molecule has 1 aliphatic carbocycles. The molecule has 1 aliphatic rings. The zero-order valence-electron chi connectivity index (χ0n) is 10.2. The van der Waals surface area contributed by atoms with E-state index in [1.807, 2.05) is 0 Å². The fraction of sp³-hybridized carbons (Fsp3) is 0.538. The minimum absolute atomic E-state index is 0.228. The SMILES string of the molecule is OC(c1cccc(OC(F)(F)F)c1)C1(O)CCCC1. The Morgan fingerprint density at radius 1 is 1.21 bits per heavy atom. The van der Waals surface area contributed by atoms with Crippen molar-refractivity contribution in [2.45, 2.75) is 43.8 Å². The Hall–Kier alpha value is -1.27. The van der Waals surface area contributed by atoms with E-state index in [0.717, 1.165) is 25.0 Å². The molecule has 0 heterocycles. The number of ether oxygens (including phenoxy) is 1. The van der Waals surface area contributed by atoms with Crippen LogP contribution in [0.25, 0.3) is 0 Å². The molecule has 1 atom stereocenters. The molecule has 0 spiro atoms. The molecule has 2 N–H and O–H groups in total. The fourth-order valence-corrected chi connectivity index (χ4v) is 2.45. The molecule has 1 saturated carbocycles. The number of benzene rings is 1. The molecule has 1 unspecified atom stereocenters.